The van der Waals surface area contributed by atoms with Crippen molar-refractivity contribution in [3.8, 4) is 5.82 Å². The molecule has 29 heavy (non-hydrogen) atoms. The lowest BCUT2D eigenvalue weighted by Gasteiger charge is -2.24. The molecule has 1 N–H and O–H groups in total. The molecule has 3 aromatic heterocycles. The van der Waals surface area contributed by atoms with Gasteiger partial charge in [-0.3, -0.25) is 4.79 Å². The number of aromatic nitrogens is 6. The van der Waals surface area contributed by atoms with Crippen LogP contribution >= 0.6 is 0 Å². The van der Waals surface area contributed by atoms with E-state index >= 15 is 0 Å². The van der Waals surface area contributed by atoms with Crippen molar-refractivity contribution in [1.82, 2.24) is 29.6 Å². The second-order valence-electron chi connectivity index (χ2n) is 6.65. The van der Waals surface area contributed by atoms with Crippen LogP contribution in [0.2, 0.25) is 0 Å². The molecule has 1 aromatic carbocycles. The fraction of sp³-hybridized carbons (Fsp3) is 0.167. The molecule has 4 aromatic rings. The van der Waals surface area contributed by atoms with Crippen molar-refractivity contribution < 1.29 is 18.0 Å². The van der Waals surface area contributed by atoms with E-state index in [2.05, 4.69) is 25.7 Å². The number of carbonyl (C=O) groups excluding carboxylic acids is 1. The van der Waals surface area contributed by atoms with Gasteiger partial charge in [0, 0.05) is 17.9 Å². The Morgan fingerprint density at radius 3 is 2.76 bits per heavy atom. The Morgan fingerprint density at radius 2 is 1.93 bits per heavy atom. The highest BCUT2D eigenvalue weighted by atomic mass is 19.2. The molecule has 0 bridgehead atoms. The molecule has 0 aliphatic carbocycles. The third kappa shape index (κ3) is 2.57. The Kier molecular flexibility index (Phi) is 3.66. The number of benzene rings is 1. The number of rotatable bonds is 2. The predicted octanol–water partition coefficient (Wildman–Crippen LogP) is 2.51. The second kappa shape index (κ2) is 6.12. The van der Waals surface area contributed by atoms with Crippen molar-refractivity contribution in [3.05, 3.63) is 64.9 Å². The second-order valence-corrected chi connectivity index (χ2v) is 6.65. The van der Waals surface area contributed by atoms with Gasteiger partial charge in [-0.15, -0.1) is 15.3 Å². The Hall–Kier alpha value is -3.76. The summed E-state index contributed by atoms with van der Waals surface area (Å²) in [6.07, 6.45) is 1.29. The first kappa shape index (κ1) is 17.3. The maximum absolute atomic E-state index is 14.5. The highest BCUT2D eigenvalue weighted by Gasteiger charge is 2.35. The summed E-state index contributed by atoms with van der Waals surface area (Å²) in [4.78, 5) is 12.3. The number of carbonyl (C=O) groups is 1. The van der Waals surface area contributed by atoms with Gasteiger partial charge in [-0.1, -0.05) is 6.07 Å². The smallest absolute Gasteiger partial charge is 0.226 e. The Balaban J connectivity index is 1.70. The average molecular weight is 399 g/mol. The standard InChI is InChI=1S/C18H12F3N7O/c1-8-15-10(9-2-3-11(19)17(21)16(9)20)6-14(29)23-18(15)28(25-8)13-5-4-12-24-22-7-27(12)26-13/h2-5,7,10H,6H2,1H3,(H,23,29)/t10-/m1/s1. The third-order valence-corrected chi connectivity index (χ3v) is 4.91. The van der Waals surface area contributed by atoms with E-state index in [1.807, 2.05) is 0 Å². The van der Waals surface area contributed by atoms with Crippen LogP contribution in [0.5, 0.6) is 0 Å². The zero-order chi connectivity index (χ0) is 20.3. The van der Waals surface area contributed by atoms with Gasteiger partial charge >= 0.3 is 0 Å². The lowest BCUT2D eigenvalue weighted by molar-refractivity contribution is -0.116. The van der Waals surface area contributed by atoms with Gasteiger partial charge in [0.15, 0.2) is 28.9 Å². The van der Waals surface area contributed by atoms with Gasteiger partial charge < -0.3 is 5.32 Å². The molecule has 11 heteroatoms. The molecule has 0 saturated heterocycles. The van der Waals surface area contributed by atoms with Crippen LogP contribution in [0.3, 0.4) is 0 Å². The number of fused-ring (bicyclic) bond motifs is 2. The number of halogens is 3. The molecular weight excluding hydrogens is 387 g/mol. The largest absolute Gasteiger partial charge is 0.310 e. The van der Waals surface area contributed by atoms with E-state index in [0.717, 1.165) is 12.1 Å². The van der Waals surface area contributed by atoms with Gasteiger partial charge in [0.1, 0.15) is 12.1 Å². The Morgan fingerprint density at radius 1 is 1.10 bits per heavy atom. The molecule has 1 atom stereocenters. The first-order valence-corrected chi connectivity index (χ1v) is 8.64. The minimum atomic E-state index is -1.57. The van der Waals surface area contributed by atoms with Crippen LogP contribution in [-0.2, 0) is 4.79 Å². The summed E-state index contributed by atoms with van der Waals surface area (Å²) in [5.41, 5.74) is 1.43. The quantitative estimate of drug-likeness (QED) is 0.523. The molecule has 8 nitrogen and oxygen atoms in total. The first-order valence-electron chi connectivity index (χ1n) is 8.64. The van der Waals surface area contributed by atoms with Crippen LogP contribution in [0.25, 0.3) is 11.5 Å². The topological polar surface area (TPSA) is 90.0 Å². The van der Waals surface area contributed by atoms with Crippen LogP contribution in [0.15, 0.2) is 30.6 Å². The number of hydrogen-bond acceptors (Lipinski definition) is 5. The lowest BCUT2D eigenvalue weighted by Crippen LogP contribution is -2.26. The molecule has 0 radical (unpaired) electrons. The fourth-order valence-corrected chi connectivity index (χ4v) is 3.62. The van der Waals surface area contributed by atoms with E-state index in [4.69, 9.17) is 0 Å². The average Bonchev–Trinajstić information content (AvgIpc) is 3.29. The number of nitrogens with zero attached hydrogens (tertiary/aromatic N) is 6. The van der Waals surface area contributed by atoms with Gasteiger partial charge in [0.05, 0.1) is 5.69 Å². The summed E-state index contributed by atoms with van der Waals surface area (Å²) in [6, 6.07) is 5.32. The fourth-order valence-electron chi connectivity index (χ4n) is 3.62. The van der Waals surface area contributed by atoms with E-state index in [0.29, 0.717) is 28.5 Å². The molecule has 1 amide bonds. The van der Waals surface area contributed by atoms with Gasteiger partial charge in [-0.05, 0) is 30.7 Å². The minimum Gasteiger partial charge on any atom is -0.310 e. The zero-order valence-electron chi connectivity index (χ0n) is 14.9. The number of amides is 1. The molecule has 146 valence electrons. The normalized spacial score (nSPS) is 16.1. The predicted molar refractivity (Wildman–Crippen MR) is 94.0 cm³/mol. The molecule has 0 unspecified atom stereocenters. The van der Waals surface area contributed by atoms with E-state index in [9.17, 15) is 18.0 Å². The number of anilines is 1. The number of hydrogen-bond donors (Lipinski definition) is 1. The van der Waals surface area contributed by atoms with E-state index in [-0.39, 0.29) is 12.0 Å². The summed E-state index contributed by atoms with van der Waals surface area (Å²) < 4.78 is 44.5. The third-order valence-electron chi connectivity index (χ3n) is 4.91. The summed E-state index contributed by atoms with van der Waals surface area (Å²) in [6.45, 7) is 1.69. The first-order chi connectivity index (χ1) is 13.9. The molecule has 5 rings (SSSR count). The van der Waals surface area contributed by atoms with Gasteiger partial charge in [-0.2, -0.15) is 14.3 Å². The molecule has 1 aliphatic heterocycles. The van der Waals surface area contributed by atoms with Crippen LogP contribution < -0.4 is 5.32 Å². The summed E-state index contributed by atoms with van der Waals surface area (Å²) in [5.74, 6) is -4.72. The Bertz CT molecular complexity index is 1300. The molecule has 1 aliphatic rings. The minimum absolute atomic E-state index is 0.107. The van der Waals surface area contributed by atoms with Crippen molar-refractivity contribution in [2.75, 3.05) is 5.32 Å². The Labute approximate surface area is 161 Å². The molecular formula is C18H12F3N7O. The van der Waals surface area contributed by atoms with Crippen molar-refractivity contribution in [1.29, 1.82) is 0 Å². The maximum atomic E-state index is 14.5. The molecule has 0 saturated carbocycles. The van der Waals surface area contributed by atoms with Crippen LogP contribution in [-0.4, -0.2) is 35.5 Å². The molecule has 4 heterocycles. The van der Waals surface area contributed by atoms with Gasteiger partial charge in [0.2, 0.25) is 5.91 Å². The summed E-state index contributed by atoms with van der Waals surface area (Å²) >= 11 is 0. The molecule has 0 spiro atoms. The molecule has 0 fully saturated rings. The summed E-state index contributed by atoms with van der Waals surface area (Å²) in [5, 5.41) is 19.1. The van der Waals surface area contributed by atoms with E-state index < -0.39 is 29.3 Å². The monoisotopic (exact) mass is 399 g/mol. The zero-order valence-corrected chi connectivity index (χ0v) is 14.9. The SMILES string of the molecule is Cc1nn(-c2ccc3nncn3n2)c2c1[C@@H](c1ccc(F)c(F)c1F)CC(=O)N2. The summed E-state index contributed by atoms with van der Waals surface area (Å²) in [7, 11) is 0. The highest BCUT2D eigenvalue weighted by molar-refractivity contribution is 5.95. The number of nitrogens with one attached hydrogen (secondary N) is 1. The van der Waals surface area contributed by atoms with Gasteiger partial charge in [-0.25, -0.2) is 13.2 Å². The van der Waals surface area contributed by atoms with Crippen molar-refractivity contribution >= 4 is 17.4 Å². The lowest BCUT2D eigenvalue weighted by atomic mass is 9.85. The van der Waals surface area contributed by atoms with Gasteiger partial charge in [0.25, 0.3) is 0 Å². The maximum Gasteiger partial charge on any atom is 0.226 e. The van der Waals surface area contributed by atoms with E-state index in [1.54, 1.807) is 19.1 Å². The highest BCUT2D eigenvalue weighted by Crippen LogP contribution is 2.41. The van der Waals surface area contributed by atoms with E-state index in [1.165, 1.54) is 15.5 Å². The number of aryl methyl sites for hydroxylation is 1. The van der Waals surface area contributed by atoms with Crippen LogP contribution in [0.4, 0.5) is 19.0 Å². The van der Waals surface area contributed by atoms with Crippen molar-refractivity contribution in [2.24, 2.45) is 0 Å². The van der Waals surface area contributed by atoms with Crippen LogP contribution in [0.1, 0.15) is 29.2 Å². The van der Waals surface area contributed by atoms with Crippen LogP contribution in [0, 0.1) is 24.4 Å². The van der Waals surface area contributed by atoms with Crippen molar-refractivity contribution in [2.45, 2.75) is 19.3 Å². The van der Waals surface area contributed by atoms with Crippen molar-refractivity contribution in [3.63, 3.8) is 0 Å².